The lowest BCUT2D eigenvalue weighted by Crippen LogP contribution is -3.18. The van der Waals surface area contributed by atoms with Gasteiger partial charge in [-0.1, -0.05) is 25.6 Å². The van der Waals surface area contributed by atoms with Crippen LogP contribution in [-0.2, 0) is 9.53 Å². The molecule has 3 unspecified atom stereocenters. The Balaban J connectivity index is 1.50. The third-order valence-corrected chi connectivity index (χ3v) is 7.02. The van der Waals surface area contributed by atoms with Gasteiger partial charge >= 0.3 is 0 Å². The van der Waals surface area contributed by atoms with Crippen molar-refractivity contribution in [3.63, 3.8) is 0 Å². The number of carbonyl (C=O) groups excluding carboxylic acids is 2. The molecule has 27 heavy (non-hydrogen) atoms. The lowest BCUT2D eigenvalue weighted by atomic mass is 9.91. The number of piperidine rings is 1. The highest BCUT2D eigenvalue weighted by molar-refractivity contribution is 8.00. The van der Waals surface area contributed by atoms with Crippen molar-refractivity contribution in [3.05, 3.63) is 23.8 Å². The third kappa shape index (κ3) is 4.00. The minimum Gasteiger partial charge on any atom is -0.370 e. The fraction of sp³-hybridized carbons (Fsp3) is 0.600. The van der Waals surface area contributed by atoms with Crippen molar-refractivity contribution in [1.82, 2.24) is 4.90 Å². The lowest BCUT2D eigenvalue weighted by molar-refractivity contribution is -0.909. The number of hydrogen-bond donors (Lipinski definition) is 2. The van der Waals surface area contributed by atoms with Crippen molar-refractivity contribution in [2.45, 2.75) is 30.5 Å². The second-order valence-corrected chi connectivity index (χ2v) is 9.27. The lowest BCUT2D eigenvalue weighted by Gasteiger charge is -2.35. The Bertz CT molecular complexity index is 725. The molecule has 2 amide bonds. The maximum Gasteiger partial charge on any atom is 0.294 e. The summed E-state index contributed by atoms with van der Waals surface area (Å²) in [5, 5.41) is 2.88. The van der Waals surface area contributed by atoms with Crippen LogP contribution in [0.4, 0.5) is 5.69 Å². The molecule has 3 atom stereocenters. The Morgan fingerprint density at radius 3 is 2.63 bits per heavy atom. The fourth-order valence-corrected chi connectivity index (χ4v) is 5.62. The zero-order valence-electron chi connectivity index (χ0n) is 16.0. The zero-order valence-corrected chi connectivity index (χ0v) is 16.8. The molecule has 146 valence electrons. The van der Waals surface area contributed by atoms with Gasteiger partial charge in [0.1, 0.15) is 13.1 Å². The van der Waals surface area contributed by atoms with E-state index in [1.54, 1.807) is 11.8 Å². The number of carbonyl (C=O) groups is 2. The molecule has 2 saturated heterocycles. The standard InChI is InChI=1S/C20H27N3O3S/c1-13-9-14(2)12-23(11-13)19(25)15-3-4-17-16(10-15)21-18(24)20(27-17)22-5-7-26-8-6-22/h3-4,10,13-14,20H,5-9,11-12H2,1-2H3,(H,21,24)/p+1. The molecule has 3 heterocycles. The molecule has 3 aliphatic rings. The molecule has 4 rings (SSSR count). The topological polar surface area (TPSA) is 63.1 Å². The first-order valence-electron chi connectivity index (χ1n) is 9.84. The van der Waals surface area contributed by atoms with Crippen LogP contribution in [0.3, 0.4) is 0 Å². The Hall–Kier alpha value is -1.57. The fourth-order valence-electron chi connectivity index (χ4n) is 4.42. The first-order valence-corrected chi connectivity index (χ1v) is 10.7. The first-order chi connectivity index (χ1) is 13.0. The summed E-state index contributed by atoms with van der Waals surface area (Å²) in [6, 6.07) is 5.73. The van der Waals surface area contributed by atoms with Gasteiger partial charge in [-0.2, -0.15) is 0 Å². The van der Waals surface area contributed by atoms with E-state index in [1.165, 1.54) is 11.3 Å². The average molecular weight is 391 g/mol. The van der Waals surface area contributed by atoms with Crippen LogP contribution in [0.5, 0.6) is 0 Å². The Kier molecular flexibility index (Phi) is 5.43. The summed E-state index contributed by atoms with van der Waals surface area (Å²) in [6.45, 7) is 9.12. The molecule has 0 aromatic heterocycles. The number of thioether (sulfide) groups is 1. The molecule has 0 saturated carbocycles. The number of morpholine rings is 1. The van der Waals surface area contributed by atoms with Crippen molar-refractivity contribution in [3.8, 4) is 0 Å². The van der Waals surface area contributed by atoms with E-state index in [4.69, 9.17) is 4.74 Å². The van der Waals surface area contributed by atoms with Crippen molar-refractivity contribution >= 4 is 29.3 Å². The van der Waals surface area contributed by atoms with Crippen molar-refractivity contribution in [2.24, 2.45) is 11.8 Å². The highest BCUT2D eigenvalue weighted by Gasteiger charge is 2.37. The van der Waals surface area contributed by atoms with Crippen LogP contribution < -0.4 is 10.2 Å². The van der Waals surface area contributed by atoms with E-state index < -0.39 is 0 Å². The van der Waals surface area contributed by atoms with E-state index in [1.807, 2.05) is 23.1 Å². The number of nitrogens with one attached hydrogen (secondary N) is 2. The van der Waals surface area contributed by atoms with Crippen molar-refractivity contribution < 1.29 is 19.2 Å². The Labute approximate surface area is 164 Å². The summed E-state index contributed by atoms with van der Waals surface area (Å²) in [7, 11) is 0. The monoisotopic (exact) mass is 390 g/mol. The summed E-state index contributed by atoms with van der Waals surface area (Å²) in [5.41, 5.74) is 1.42. The predicted octanol–water partition coefficient (Wildman–Crippen LogP) is 1.09. The molecule has 6 nitrogen and oxygen atoms in total. The third-order valence-electron chi connectivity index (χ3n) is 5.63. The molecule has 1 aromatic rings. The van der Waals surface area contributed by atoms with Gasteiger partial charge in [0.25, 0.3) is 11.8 Å². The zero-order chi connectivity index (χ0) is 19.0. The summed E-state index contributed by atoms with van der Waals surface area (Å²) < 4.78 is 5.41. The van der Waals surface area contributed by atoms with Gasteiger partial charge in [0.15, 0.2) is 0 Å². The first kappa shape index (κ1) is 18.8. The predicted molar refractivity (Wildman–Crippen MR) is 105 cm³/mol. The SMILES string of the molecule is CC1CC(C)CN(C(=O)c2ccc3c(c2)NC(=O)C([NH+]2CCOCC2)S3)C1. The van der Waals surface area contributed by atoms with Crippen LogP contribution in [0.2, 0.25) is 0 Å². The smallest absolute Gasteiger partial charge is 0.294 e. The number of anilines is 1. The van der Waals surface area contributed by atoms with E-state index in [0.29, 0.717) is 30.6 Å². The van der Waals surface area contributed by atoms with Gasteiger partial charge in [0.05, 0.1) is 18.9 Å². The minimum atomic E-state index is -0.147. The van der Waals surface area contributed by atoms with Crippen LogP contribution in [0.25, 0.3) is 0 Å². The number of amides is 2. The quantitative estimate of drug-likeness (QED) is 0.794. The second-order valence-electron chi connectivity index (χ2n) is 8.12. The highest BCUT2D eigenvalue weighted by atomic mass is 32.2. The molecular weight excluding hydrogens is 362 g/mol. The largest absolute Gasteiger partial charge is 0.370 e. The normalized spacial score (nSPS) is 29.2. The number of rotatable bonds is 2. The molecule has 3 aliphatic heterocycles. The number of ether oxygens (including phenoxy) is 1. The molecule has 0 spiro atoms. The summed E-state index contributed by atoms with van der Waals surface area (Å²) in [6.07, 6.45) is 1.17. The van der Waals surface area contributed by atoms with Crippen LogP contribution in [0, 0.1) is 11.8 Å². The van der Waals surface area contributed by atoms with Crippen LogP contribution in [0.1, 0.15) is 30.6 Å². The van der Waals surface area contributed by atoms with E-state index in [2.05, 4.69) is 19.2 Å². The second kappa shape index (κ2) is 7.81. The number of benzene rings is 1. The number of likely N-dealkylation sites (tertiary alicyclic amines) is 1. The molecule has 2 fully saturated rings. The Morgan fingerprint density at radius 1 is 1.22 bits per heavy atom. The molecule has 1 aromatic carbocycles. The van der Waals surface area contributed by atoms with Gasteiger partial charge in [0.2, 0.25) is 5.37 Å². The highest BCUT2D eigenvalue weighted by Crippen LogP contribution is 2.35. The molecule has 0 radical (unpaired) electrons. The van der Waals surface area contributed by atoms with E-state index in [0.717, 1.165) is 36.8 Å². The minimum absolute atomic E-state index is 0.0224. The van der Waals surface area contributed by atoms with E-state index in [9.17, 15) is 9.59 Å². The average Bonchev–Trinajstić information content (AvgIpc) is 2.66. The Morgan fingerprint density at radius 2 is 1.93 bits per heavy atom. The number of fused-ring (bicyclic) bond motifs is 1. The maximum atomic E-state index is 13.0. The van der Waals surface area contributed by atoms with Gasteiger partial charge in [-0.15, -0.1) is 0 Å². The number of hydrogen-bond acceptors (Lipinski definition) is 4. The maximum absolute atomic E-state index is 13.0. The summed E-state index contributed by atoms with van der Waals surface area (Å²) in [5.74, 6) is 1.15. The molecule has 7 heteroatoms. The van der Waals surface area contributed by atoms with Gasteiger partial charge < -0.3 is 19.9 Å². The van der Waals surface area contributed by atoms with Crippen molar-refractivity contribution in [1.29, 1.82) is 0 Å². The molecule has 0 aliphatic carbocycles. The number of quaternary nitrogens is 1. The van der Waals surface area contributed by atoms with E-state index >= 15 is 0 Å². The van der Waals surface area contributed by atoms with E-state index in [-0.39, 0.29) is 17.2 Å². The summed E-state index contributed by atoms with van der Waals surface area (Å²) >= 11 is 1.60. The van der Waals surface area contributed by atoms with Crippen LogP contribution in [0.15, 0.2) is 23.1 Å². The molecule has 0 bridgehead atoms. The van der Waals surface area contributed by atoms with Gasteiger partial charge in [-0.05, 0) is 36.5 Å². The van der Waals surface area contributed by atoms with Crippen LogP contribution in [-0.4, -0.2) is 61.5 Å². The summed E-state index contributed by atoms with van der Waals surface area (Å²) in [4.78, 5) is 29.8. The van der Waals surface area contributed by atoms with Crippen molar-refractivity contribution in [2.75, 3.05) is 44.7 Å². The van der Waals surface area contributed by atoms with Crippen LogP contribution >= 0.6 is 11.8 Å². The molecule has 2 N–H and O–H groups in total. The number of nitrogens with zero attached hydrogens (tertiary/aromatic N) is 1. The van der Waals surface area contributed by atoms with Gasteiger partial charge in [0, 0.05) is 23.5 Å². The molecular formula is C20H28N3O3S+. The van der Waals surface area contributed by atoms with Gasteiger partial charge in [-0.3, -0.25) is 9.59 Å². The van der Waals surface area contributed by atoms with Gasteiger partial charge in [-0.25, -0.2) is 0 Å².